The Kier molecular flexibility index (Phi) is 5.35. The molecule has 0 unspecified atom stereocenters. The first kappa shape index (κ1) is 22.6. The summed E-state index contributed by atoms with van der Waals surface area (Å²) >= 11 is 0. The molecule has 2 N–H and O–H groups in total. The number of H-pyrrole nitrogens is 1. The van der Waals surface area contributed by atoms with Crippen LogP contribution in [0.4, 0.5) is 31.5 Å². The monoisotopic (exact) mass is 478 g/mol. The van der Waals surface area contributed by atoms with E-state index in [1.165, 1.54) is 18.2 Å². The van der Waals surface area contributed by atoms with Crippen molar-refractivity contribution in [3.8, 4) is 5.75 Å². The number of aromatic amines is 1. The summed E-state index contributed by atoms with van der Waals surface area (Å²) in [6.45, 7) is 6.48. The zero-order valence-corrected chi connectivity index (χ0v) is 19.5. The van der Waals surface area contributed by atoms with Crippen molar-refractivity contribution >= 4 is 39.6 Å². The van der Waals surface area contributed by atoms with Gasteiger partial charge in [0, 0.05) is 29.4 Å². The number of carbonyl (C=O) groups is 1. The number of halogens is 2. The number of fused-ring (bicyclic) bond motifs is 2. The number of benzene rings is 3. The van der Waals surface area contributed by atoms with E-state index in [1.807, 2.05) is 29.7 Å². The number of nitrogens with one attached hydrogen (secondary N) is 1. The fraction of sp³-hybridized carbons (Fsp3) is 0.231. The molecule has 180 valence electrons. The second kappa shape index (κ2) is 8.26. The van der Waals surface area contributed by atoms with Crippen LogP contribution in [-0.2, 0) is 0 Å². The molecule has 5 rings (SSSR count). The summed E-state index contributed by atoms with van der Waals surface area (Å²) in [5, 5.41) is 16.6. The van der Waals surface area contributed by atoms with E-state index < -0.39 is 23.1 Å². The van der Waals surface area contributed by atoms with Gasteiger partial charge in [-0.1, -0.05) is 0 Å². The van der Waals surface area contributed by atoms with E-state index in [4.69, 9.17) is 4.74 Å². The zero-order chi connectivity index (χ0) is 24.9. The van der Waals surface area contributed by atoms with Crippen molar-refractivity contribution in [1.29, 1.82) is 0 Å². The fourth-order valence-electron chi connectivity index (χ4n) is 4.71. The molecule has 0 bridgehead atoms. The molecule has 9 heteroatoms. The quantitative estimate of drug-likeness (QED) is 0.366. The SMILES string of the molecule is CCOc1cc(N2c3cc4cn[nH]c4c(F)c3N(c3ccc(C(=O)O)cc3)CC2(C)C)ccc1F. The van der Waals surface area contributed by atoms with Gasteiger partial charge in [0.1, 0.15) is 11.2 Å². The maximum Gasteiger partial charge on any atom is 0.335 e. The number of aromatic carboxylic acids is 1. The van der Waals surface area contributed by atoms with E-state index in [9.17, 15) is 14.3 Å². The summed E-state index contributed by atoms with van der Waals surface area (Å²) in [4.78, 5) is 15.1. The van der Waals surface area contributed by atoms with Crippen LogP contribution in [0, 0.1) is 11.6 Å². The van der Waals surface area contributed by atoms with E-state index in [0.29, 0.717) is 41.3 Å². The largest absolute Gasteiger partial charge is 0.491 e. The Morgan fingerprint density at radius 3 is 2.54 bits per heavy atom. The smallest absolute Gasteiger partial charge is 0.335 e. The van der Waals surface area contributed by atoms with Crippen molar-refractivity contribution in [2.75, 3.05) is 23.0 Å². The van der Waals surface area contributed by atoms with E-state index in [2.05, 4.69) is 10.2 Å². The predicted octanol–water partition coefficient (Wildman–Crippen LogP) is 6.01. The lowest BCUT2D eigenvalue weighted by atomic mass is 9.93. The first-order chi connectivity index (χ1) is 16.7. The molecule has 0 aliphatic carbocycles. The first-order valence-corrected chi connectivity index (χ1v) is 11.2. The number of aromatic nitrogens is 2. The third kappa shape index (κ3) is 3.73. The second-order valence-corrected chi connectivity index (χ2v) is 9.03. The number of rotatable bonds is 5. The topological polar surface area (TPSA) is 81.7 Å². The number of ether oxygens (including phenoxy) is 1. The van der Waals surface area contributed by atoms with Gasteiger partial charge in [0.15, 0.2) is 17.4 Å². The molecule has 0 saturated carbocycles. The average molecular weight is 478 g/mol. The molecule has 1 aliphatic heterocycles. The summed E-state index contributed by atoms with van der Waals surface area (Å²) < 4.78 is 35.8. The van der Waals surface area contributed by atoms with Gasteiger partial charge in [0.25, 0.3) is 0 Å². The third-order valence-electron chi connectivity index (χ3n) is 6.19. The van der Waals surface area contributed by atoms with Gasteiger partial charge in [0.05, 0.1) is 29.6 Å². The van der Waals surface area contributed by atoms with Crippen LogP contribution < -0.4 is 14.5 Å². The predicted molar refractivity (Wildman–Crippen MR) is 130 cm³/mol. The highest BCUT2D eigenvalue weighted by atomic mass is 19.1. The number of anilines is 4. The van der Waals surface area contributed by atoms with Crippen LogP contribution in [0.2, 0.25) is 0 Å². The minimum absolute atomic E-state index is 0.124. The van der Waals surface area contributed by atoms with Gasteiger partial charge in [-0.2, -0.15) is 5.10 Å². The number of carboxylic acids is 1. The van der Waals surface area contributed by atoms with Crippen molar-refractivity contribution in [3.63, 3.8) is 0 Å². The zero-order valence-electron chi connectivity index (χ0n) is 19.5. The Hall–Kier alpha value is -4.14. The van der Waals surface area contributed by atoms with Gasteiger partial charge in [0.2, 0.25) is 0 Å². The summed E-state index contributed by atoms with van der Waals surface area (Å²) in [5.41, 5.74) is 2.02. The normalized spacial score (nSPS) is 14.8. The molecule has 7 nitrogen and oxygen atoms in total. The second-order valence-electron chi connectivity index (χ2n) is 9.03. The fourth-order valence-corrected chi connectivity index (χ4v) is 4.71. The van der Waals surface area contributed by atoms with Crippen LogP contribution in [-0.4, -0.2) is 40.0 Å². The molecule has 0 spiro atoms. The maximum absolute atomic E-state index is 16.0. The number of carboxylic acid groups (broad SMARTS) is 1. The molecule has 1 aliphatic rings. The molecule has 2 heterocycles. The highest BCUT2D eigenvalue weighted by Crippen LogP contribution is 2.50. The lowest BCUT2D eigenvalue weighted by Gasteiger charge is -2.50. The van der Waals surface area contributed by atoms with Gasteiger partial charge in [-0.05, 0) is 63.2 Å². The van der Waals surface area contributed by atoms with E-state index in [-0.39, 0.29) is 16.8 Å². The molecule has 0 saturated heterocycles. The van der Waals surface area contributed by atoms with Gasteiger partial charge >= 0.3 is 5.97 Å². The van der Waals surface area contributed by atoms with Crippen LogP contribution in [0.1, 0.15) is 31.1 Å². The maximum atomic E-state index is 16.0. The van der Waals surface area contributed by atoms with Crippen molar-refractivity contribution in [2.24, 2.45) is 0 Å². The van der Waals surface area contributed by atoms with Crippen LogP contribution in [0.3, 0.4) is 0 Å². The van der Waals surface area contributed by atoms with Gasteiger partial charge < -0.3 is 19.6 Å². The summed E-state index contributed by atoms with van der Waals surface area (Å²) in [6.07, 6.45) is 1.56. The molecule has 0 amide bonds. The van der Waals surface area contributed by atoms with Crippen molar-refractivity contribution in [1.82, 2.24) is 10.2 Å². The van der Waals surface area contributed by atoms with Gasteiger partial charge in [-0.25, -0.2) is 13.6 Å². The molecule has 0 atom stereocenters. The van der Waals surface area contributed by atoms with Crippen LogP contribution in [0.15, 0.2) is 54.7 Å². The molecule has 35 heavy (non-hydrogen) atoms. The Labute approximate surface area is 200 Å². The Morgan fingerprint density at radius 2 is 1.86 bits per heavy atom. The van der Waals surface area contributed by atoms with Crippen molar-refractivity contribution in [2.45, 2.75) is 26.3 Å². The van der Waals surface area contributed by atoms with E-state index >= 15 is 4.39 Å². The first-order valence-electron chi connectivity index (χ1n) is 11.2. The van der Waals surface area contributed by atoms with Crippen LogP contribution >= 0.6 is 0 Å². The highest BCUT2D eigenvalue weighted by Gasteiger charge is 2.41. The summed E-state index contributed by atoms with van der Waals surface area (Å²) in [5.74, 6) is -1.86. The molecule has 0 radical (unpaired) electrons. The summed E-state index contributed by atoms with van der Waals surface area (Å²) in [6, 6.07) is 12.8. The van der Waals surface area contributed by atoms with E-state index in [1.54, 1.807) is 37.4 Å². The Morgan fingerprint density at radius 1 is 1.14 bits per heavy atom. The lowest BCUT2D eigenvalue weighted by molar-refractivity contribution is 0.0697. The van der Waals surface area contributed by atoms with Crippen LogP contribution in [0.25, 0.3) is 10.9 Å². The van der Waals surface area contributed by atoms with E-state index in [0.717, 1.165) is 0 Å². The standard InChI is InChI=1S/C26H24F2N4O3/c1-4-35-21-12-18(9-10-19(21)27)32-20-11-16-13-29-30-23(16)22(28)24(20)31(14-26(32,2)3)17-7-5-15(6-8-17)25(33)34/h5-13H,4,14H2,1-3H3,(H,29,30)(H,33,34). The van der Waals surface area contributed by atoms with Crippen molar-refractivity contribution < 1.29 is 23.4 Å². The molecular formula is C26H24F2N4O3. The van der Waals surface area contributed by atoms with Gasteiger partial charge in [-0.15, -0.1) is 0 Å². The minimum Gasteiger partial charge on any atom is -0.491 e. The molecule has 1 aromatic heterocycles. The number of nitrogens with zero attached hydrogens (tertiary/aromatic N) is 3. The highest BCUT2D eigenvalue weighted by molar-refractivity contribution is 5.96. The van der Waals surface area contributed by atoms with Crippen molar-refractivity contribution in [3.05, 3.63) is 71.9 Å². The average Bonchev–Trinajstić information content (AvgIpc) is 3.29. The number of hydrogen-bond acceptors (Lipinski definition) is 5. The molecule has 4 aromatic rings. The molecular weight excluding hydrogens is 454 g/mol. The van der Waals surface area contributed by atoms with Gasteiger partial charge in [-0.3, -0.25) is 5.10 Å². The summed E-state index contributed by atoms with van der Waals surface area (Å²) in [7, 11) is 0. The lowest BCUT2D eigenvalue weighted by Crippen LogP contribution is -2.53. The minimum atomic E-state index is -1.03. The Balaban J connectivity index is 1.74. The molecule has 3 aromatic carbocycles. The Bertz CT molecular complexity index is 1430. The van der Waals surface area contributed by atoms with Crippen LogP contribution in [0.5, 0.6) is 5.75 Å². The number of hydrogen-bond donors (Lipinski definition) is 2. The third-order valence-corrected chi connectivity index (χ3v) is 6.19. The molecule has 0 fully saturated rings.